The van der Waals surface area contributed by atoms with Crippen LogP contribution in [0.15, 0.2) is 18.5 Å². The number of aliphatic hydroxyl groups is 1. The molecule has 0 spiro atoms. The molecule has 3 heterocycles. The summed E-state index contributed by atoms with van der Waals surface area (Å²) in [6, 6.07) is 1.56. The van der Waals surface area contributed by atoms with E-state index in [9.17, 15) is 14.3 Å². The summed E-state index contributed by atoms with van der Waals surface area (Å²) in [5, 5.41) is 20.5. The highest BCUT2D eigenvalue weighted by atomic mass is 19.1. The van der Waals surface area contributed by atoms with Crippen LogP contribution in [0.4, 0.5) is 10.2 Å². The Hall–Kier alpha value is -2.36. The lowest BCUT2D eigenvalue weighted by Crippen LogP contribution is -2.46. The smallest absolute Gasteiger partial charge is 0.228 e. The molecule has 2 aromatic heterocycles. The van der Waals surface area contributed by atoms with Crippen LogP contribution >= 0.6 is 0 Å². The number of pyridine rings is 1. The van der Waals surface area contributed by atoms with Crippen molar-refractivity contribution in [2.24, 2.45) is 11.3 Å². The van der Waals surface area contributed by atoms with E-state index < -0.39 is 17.8 Å². The molecule has 4 rings (SSSR count). The van der Waals surface area contributed by atoms with Crippen molar-refractivity contribution in [1.29, 1.82) is 0 Å². The van der Waals surface area contributed by atoms with E-state index in [2.05, 4.69) is 34.6 Å². The molecular weight excluding hydrogens is 437 g/mol. The van der Waals surface area contributed by atoms with Gasteiger partial charge in [0.1, 0.15) is 11.6 Å². The van der Waals surface area contributed by atoms with E-state index in [1.165, 1.54) is 0 Å². The fourth-order valence-electron chi connectivity index (χ4n) is 4.96. The third-order valence-corrected chi connectivity index (χ3v) is 6.46. The van der Waals surface area contributed by atoms with Gasteiger partial charge in [0.05, 0.1) is 18.0 Å². The molecule has 8 nitrogen and oxygen atoms in total. The lowest BCUT2D eigenvalue weighted by atomic mass is 9.85. The van der Waals surface area contributed by atoms with Crippen LogP contribution in [0.25, 0.3) is 11.1 Å². The summed E-state index contributed by atoms with van der Waals surface area (Å²) in [5.74, 6) is -0.494. The van der Waals surface area contributed by atoms with Crippen LogP contribution < -0.4 is 10.6 Å². The number of aliphatic hydroxyl groups excluding tert-OH is 1. The van der Waals surface area contributed by atoms with E-state index >= 15 is 0 Å². The Morgan fingerprint density at radius 1 is 1.29 bits per heavy atom. The zero-order valence-electron chi connectivity index (χ0n) is 20.7. The molecule has 186 valence electrons. The minimum atomic E-state index is -1.09. The normalized spacial score (nSPS) is 22.9. The van der Waals surface area contributed by atoms with Crippen LogP contribution in [0.3, 0.4) is 0 Å². The lowest BCUT2D eigenvalue weighted by molar-refractivity contribution is -0.187. The highest BCUT2D eigenvalue weighted by Crippen LogP contribution is 2.38. The van der Waals surface area contributed by atoms with Crippen molar-refractivity contribution in [1.82, 2.24) is 20.1 Å². The van der Waals surface area contributed by atoms with Gasteiger partial charge >= 0.3 is 0 Å². The molecule has 2 aliphatic rings. The van der Waals surface area contributed by atoms with Crippen molar-refractivity contribution in [2.45, 2.75) is 91.3 Å². The molecule has 0 saturated heterocycles. The molecule has 1 fully saturated rings. The number of nitrogens with one attached hydrogen (secondary N) is 2. The molecule has 1 amide bonds. The minimum absolute atomic E-state index is 0.0306. The van der Waals surface area contributed by atoms with Gasteiger partial charge in [-0.1, -0.05) is 20.3 Å². The Morgan fingerprint density at radius 2 is 2.06 bits per heavy atom. The molecule has 3 atom stereocenters. The van der Waals surface area contributed by atoms with Crippen molar-refractivity contribution in [3.63, 3.8) is 0 Å². The van der Waals surface area contributed by atoms with Gasteiger partial charge in [-0.3, -0.25) is 14.8 Å². The number of hydrogen-bond donors (Lipinski definition) is 3. The number of nitrogens with zero attached hydrogens (tertiary/aromatic N) is 3. The number of ether oxygens (including phenoxy) is 1. The first-order valence-corrected chi connectivity index (χ1v) is 12.0. The second-order valence-corrected chi connectivity index (χ2v) is 11.4. The van der Waals surface area contributed by atoms with Gasteiger partial charge in [0.2, 0.25) is 12.3 Å². The summed E-state index contributed by atoms with van der Waals surface area (Å²) >= 11 is 0. The molecule has 2 aromatic rings. The largest absolute Gasteiger partial charge is 0.356 e. The maximum atomic E-state index is 14.7. The van der Waals surface area contributed by atoms with Crippen molar-refractivity contribution < 1.29 is 19.0 Å². The summed E-state index contributed by atoms with van der Waals surface area (Å²) < 4.78 is 22.2. The summed E-state index contributed by atoms with van der Waals surface area (Å²) in [5.41, 5.74) is 1.75. The molecule has 9 heteroatoms. The number of fused-ring (bicyclic) bond motifs is 1. The topological polar surface area (TPSA) is 101 Å². The highest BCUT2D eigenvalue weighted by molar-refractivity contribution is 5.92. The van der Waals surface area contributed by atoms with E-state index in [4.69, 9.17) is 4.74 Å². The number of carbonyl (C=O) groups is 1. The predicted molar refractivity (Wildman–Crippen MR) is 127 cm³/mol. The first-order valence-electron chi connectivity index (χ1n) is 12.0. The number of amides is 1. The van der Waals surface area contributed by atoms with Gasteiger partial charge in [-0.25, -0.2) is 9.37 Å². The molecule has 34 heavy (non-hydrogen) atoms. The Morgan fingerprint density at radius 3 is 2.79 bits per heavy atom. The molecule has 1 unspecified atom stereocenters. The van der Waals surface area contributed by atoms with E-state index in [-0.39, 0.29) is 23.3 Å². The maximum Gasteiger partial charge on any atom is 0.228 e. The number of anilines is 1. The van der Waals surface area contributed by atoms with Crippen molar-refractivity contribution in [2.75, 3.05) is 5.32 Å². The van der Waals surface area contributed by atoms with Crippen LogP contribution in [-0.4, -0.2) is 43.8 Å². The van der Waals surface area contributed by atoms with Crippen LogP contribution in [0, 0.1) is 17.2 Å². The Labute approximate surface area is 200 Å². The monoisotopic (exact) mass is 473 g/mol. The van der Waals surface area contributed by atoms with E-state index in [0.717, 1.165) is 49.7 Å². The zero-order valence-corrected chi connectivity index (χ0v) is 20.7. The fourth-order valence-corrected chi connectivity index (χ4v) is 4.96. The number of halogens is 1. The Balaban J connectivity index is 1.42. The summed E-state index contributed by atoms with van der Waals surface area (Å²) in [4.78, 5) is 17.1. The van der Waals surface area contributed by atoms with Gasteiger partial charge in [0.25, 0.3) is 0 Å². The first kappa shape index (κ1) is 24.8. The molecule has 1 aliphatic carbocycles. The number of hydrogen-bond acceptors (Lipinski definition) is 6. The second kappa shape index (κ2) is 9.36. The molecule has 0 radical (unpaired) electrons. The highest BCUT2D eigenvalue weighted by Gasteiger charge is 2.33. The first-order chi connectivity index (χ1) is 15.9. The Bertz CT molecular complexity index is 1050. The van der Waals surface area contributed by atoms with Gasteiger partial charge in [-0.2, -0.15) is 5.10 Å². The van der Waals surface area contributed by atoms with Crippen LogP contribution in [0.5, 0.6) is 0 Å². The average Bonchev–Trinajstić information content (AvgIpc) is 3.23. The zero-order chi connectivity index (χ0) is 24.7. The molecule has 3 N–H and O–H groups in total. The van der Waals surface area contributed by atoms with E-state index in [1.54, 1.807) is 12.3 Å². The second-order valence-electron chi connectivity index (χ2n) is 11.4. The summed E-state index contributed by atoms with van der Waals surface area (Å²) in [6.07, 6.45) is 5.62. The van der Waals surface area contributed by atoms with Crippen molar-refractivity contribution in [3.05, 3.63) is 30.0 Å². The lowest BCUT2D eigenvalue weighted by Gasteiger charge is -2.32. The van der Waals surface area contributed by atoms with Crippen molar-refractivity contribution >= 4 is 11.7 Å². The standard InChI is InChI=1S/C25H36FN5O3/c1-24(2,3)34-23(33)29-16-8-6-7-15(9-16)22(32)30-21-10-17(19(26)13-27-21)18-12-28-31-14-25(4,5)11-20(18)31/h10,12-13,15-16,23,29,33H,6-9,11,14H2,1-5H3,(H,27,30,32)/t15-,16-,23?/m1/s1. The van der Waals surface area contributed by atoms with Gasteiger partial charge in [0.15, 0.2) is 0 Å². The molecular formula is C25H36FN5O3. The third kappa shape index (κ3) is 5.82. The number of rotatable bonds is 6. The average molecular weight is 474 g/mol. The van der Waals surface area contributed by atoms with Gasteiger partial charge in [-0.15, -0.1) is 0 Å². The van der Waals surface area contributed by atoms with Gasteiger partial charge in [0, 0.05) is 35.3 Å². The van der Waals surface area contributed by atoms with E-state index in [0.29, 0.717) is 17.8 Å². The van der Waals surface area contributed by atoms with Crippen LogP contribution in [0.2, 0.25) is 0 Å². The fraction of sp³-hybridized carbons (Fsp3) is 0.640. The molecule has 0 bridgehead atoms. The Kier molecular flexibility index (Phi) is 6.81. The predicted octanol–water partition coefficient (Wildman–Crippen LogP) is 3.84. The van der Waals surface area contributed by atoms with E-state index in [1.807, 2.05) is 25.5 Å². The van der Waals surface area contributed by atoms with Crippen LogP contribution in [-0.2, 0) is 22.5 Å². The molecule has 1 aliphatic heterocycles. The quantitative estimate of drug-likeness (QED) is 0.551. The third-order valence-electron chi connectivity index (χ3n) is 6.46. The number of aromatic nitrogens is 3. The van der Waals surface area contributed by atoms with Crippen LogP contribution in [0.1, 0.15) is 66.0 Å². The molecule has 1 saturated carbocycles. The summed E-state index contributed by atoms with van der Waals surface area (Å²) in [7, 11) is 0. The summed E-state index contributed by atoms with van der Waals surface area (Å²) in [6.45, 7) is 10.8. The SMILES string of the molecule is CC1(C)Cc2c(-c3cc(NC(=O)[C@@H]4CCC[C@@H](NC(O)OC(C)(C)C)C4)ncc3F)cnn2C1. The number of carbonyl (C=O) groups excluding carboxylic acids is 1. The van der Waals surface area contributed by atoms with Gasteiger partial charge in [-0.05, 0) is 57.9 Å². The molecule has 0 aromatic carbocycles. The van der Waals surface area contributed by atoms with Gasteiger partial charge < -0.3 is 15.2 Å². The minimum Gasteiger partial charge on any atom is -0.356 e. The van der Waals surface area contributed by atoms with Crippen molar-refractivity contribution in [3.8, 4) is 11.1 Å². The maximum absolute atomic E-state index is 14.7.